The van der Waals surface area contributed by atoms with Crippen LogP contribution in [0.3, 0.4) is 0 Å². The van der Waals surface area contributed by atoms with Gasteiger partial charge >= 0.3 is 0 Å². The molecule has 1 atom stereocenters. The number of hydrogen-bond donors (Lipinski definition) is 0. The lowest BCUT2D eigenvalue weighted by molar-refractivity contribution is -0.384. The molecular formula is C10H8F2N2O3. The number of anilines is 1. The predicted octanol–water partition coefficient (Wildman–Crippen LogP) is 1.92. The standard InChI is InChI=1S/C10H8F2N2O3/c11-3-4-13-8-2-1-6(14(16)17)5-7(8)9(12)10(13)15/h1-2,5,9H,3-4H2. The maximum Gasteiger partial charge on any atom is 0.269 e. The van der Waals surface area contributed by atoms with Gasteiger partial charge in [0.25, 0.3) is 11.6 Å². The summed E-state index contributed by atoms with van der Waals surface area (Å²) in [6, 6.07) is 3.44. The number of halogens is 2. The van der Waals surface area contributed by atoms with E-state index in [-0.39, 0.29) is 23.5 Å². The zero-order valence-corrected chi connectivity index (χ0v) is 8.60. The molecule has 1 heterocycles. The first-order valence-electron chi connectivity index (χ1n) is 4.86. The van der Waals surface area contributed by atoms with Gasteiger partial charge in [-0.05, 0) is 6.07 Å². The van der Waals surface area contributed by atoms with Crippen LogP contribution in [-0.2, 0) is 4.79 Å². The number of nitro groups is 1. The average molecular weight is 242 g/mol. The van der Waals surface area contributed by atoms with E-state index >= 15 is 0 Å². The number of rotatable bonds is 3. The van der Waals surface area contributed by atoms with Crippen LogP contribution in [0.4, 0.5) is 20.2 Å². The molecule has 1 aliphatic rings. The third kappa shape index (κ3) is 1.73. The summed E-state index contributed by atoms with van der Waals surface area (Å²) in [6.07, 6.45) is -1.95. The van der Waals surface area contributed by atoms with Crippen LogP contribution in [0, 0.1) is 10.1 Å². The Labute approximate surface area is 94.8 Å². The summed E-state index contributed by atoms with van der Waals surface area (Å²) >= 11 is 0. The van der Waals surface area contributed by atoms with Crippen LogP contribution in [0.25, 0.3) is 0 Å². The molecule has 5 nitrogen and oxygen atoms in total. The van der Waals surface area contributed by atoms with Crippen molar-refractivity contribution in [3.8, 4) is 0 Å². The molecule has 0 N–H and O–H groups in total. The molecule has 90 valence electrons. The molecule has 0 aliphatic carbocycles. The van der Waals surface area contributed by atoms with Crippen LogP contribution < -0.4 is 4.90 Å². The van der Waals surface area contributed by atoms with E-state index in [9.17, 15) is 23.7 Å². The molecule has 0 spiro atoms. The summed E-state index contributed by atoms with van der Waals surface area (Å²) < 4.78 is 25.8. The Balaban J connectivity index is 2.47. The lowest BCUT2D eigenvalue weighted by Gasteiger charge is -2.14. The van der Waals surface area contributed by atoms with Gasteiger partial charge in [0.1, 0.15) is 6.67 Å². The lowest BCUT2D eigenvalue weighted by Crippen LogP contribution is -2.29. The quantitative estimate of drug-likeness (QED) is 0.600. The summed E-state index contributed by atoms with van der Waals surface area (Å²) in [5.41, 5.74) is -0.162. The molecule has 0 aromatic heterocycles. The zero-order valence-electron chi connectivity index (χ0n) is 8.60. The molecule has 1 unspecified atom stereocenters. The first kappa shape index (κ1) is 11.4. The van der Waals surface area contributed by atoms with Gasteiger partial charge < -0.3 is 4.90 Å². The molecule has 0 bridgehead atoms. The van der Waals surface area contributed by atoms with Crippen molar-refractivity contribution in [2.24, 2.45) is 0 Å². The average Bonchev–Trinajstić information content (AvgIpc) is 2.54. The minimum absolute atomic E-state index is 0.0716. The number of hydrogen-bond acceptors (Lipinski definition) is 3. The van der Waals surface area contributed by atoms with Gasteiger partial charge in [-0.15, -0.1) is 0 Å². The van der Waals surface area contributed by atoms with Crippen molar-refractivity contribution >= 4 is 17.3 Å². The number of carbonyl (C=O) groups excluding carboxylic acids is 1. The Morgan fingerprint density at radius 3 is 2.76 bits per heavy atom. The van der Waals surface area contributed by atoms with E-state index in [0.29, 0.717) is 0 Å². The van der Waals surface area contributed by atoms with Gasteiger partial charge in [0.05, 0.1) is 17.2 Å². The third-order valence-electron chi connectivity index (χ3n) is 2.58. The van der Waals surface area contributed by atoms with Crippen LogP contribution in [-0.4, -0.2) is 24.0 Å². The van der Waals surface area contributed by atoms with Crippen molar-refractivity contribution in [3.63, 3.8) is 0 Å². The molecule has 7 heteroatoms. The van der Waals surface area contributed by atoms with E-state index in [1.165, 1.54) is 6.07 Å². The van der Waals surface area contributed by atoms with Crippen LogP contribution >= 0.6 is 0 Å². The number of benzene rings is 1. The van der Waals surface area contributed by atoms with Crippen molar-refractivity contribution in [1.82, 2.24) is 0 Å². The second-order valence-corrected chi connectivity index (χ2v) is 3.54. The fraction of sp³-hybridized carbons (Fsp3) is 0.300. The van der Waals surface area contributed by atoms with Crippen molar-refractivity contribution < 1.29 is 18.5 Å². The van der Waals surface area contributed by atoms with Gasteiger partial charge in [0, 0.05) is 17.7 Å². The second-order valence-electron chi connectivity index (χ2n) is 3.54. The number of nitro benzene ring substituents is 1. The van der Waals surface area contributed by atoms with E-state index < -0.39 is 23.7 Å². The fourth-order valence-electron chi connectivity index (χ4n) is 1.81. The molecular weight excluding hydrogens is 234 g/mol. The van der Waals surface area contributed by atoms with Crippen molar-refractivity contribution in [1.29, 1.82) is 0 Å². The molecule has 1 aliphatic heterocycles. The van der Waals surface area contributed by atoms with E-state index in [1.807, 2.05) is 0 Å². The summed E-state index contributed by atoms with van der Waals surface area (Å²) in [5.74, 6) is -0.877. The van der Waals surface area contributed by atoms with E-state index in [2.05, 4.69) is 0 Å². The number of carbonyl (C=O) groups is 1. The number of nitrogens with zero attached hydrogens (tertiary/aromatic N) is 2. The molecule has 1 aromatic rings. The topological polar surface area (TPSA) is 63.4 Å². The fourth-order valence-corrected chi connectivity index (χ4v) is 1.81. The van der Waals surface area contributed by atoms with Gasteiger partial charge in [-0.25, -0.2) is 8.78 Å². The van der Waals surface area contributed by atoms with Gasteiger partial charge in [0.2, 0.25) is 6.17 Å². The Kier molecular flexibility index (Phi) is 2.74. The van der Waals surface area contributed by atoms with Crippen LogP contribution in [0.1, 0.15) is 11.7 Å². The highest BCUT2D eigenvalue weighted by atomic mass is 19.1. The summed E-state index contributed by atoms with van der Waals surface area (Å²) in [6.45, 7) is -1.04. The SMILES string of the molecule is O=C1C(F)c2cc([N+](=O)[O-])ccc2N1CCF. The van der Waals surface area contributed by atoms with E-state index in [1.54, 1.807) is 0 Å². The first-order chi connectivity index (χ1) is 8.06. The first-order valence-corrected chi connectivity index (χ1v) is 4.86. The van der Waals surface area contributed by atoms with Crippen LogP contribution in [0.15, 0.2) is 18.2 Å². The minimum atomic E-state index is -1.95. The molecule has 0 saturated carbocycles. The van der Waals surface area contributed by atoms with E-state index in [4.69, 9.17) is 0 Å². The third-order valence-corrected chi connectivity index (χ3v) is 2.58. The molecule has 0 radical (unpaired) electrons. The Morgan fingerprint density at radius 1 is 1.47 bits per heavy atom. The maximum atomic E-state index is 13.6. The highest BCUT2D eigenvalue weighted by Gasteiger charge is 2.38. The normalized spacial score (nSPS) is 18.4. The number of amides is 1. The summed E-state index contributed by atoms with van der Waals surface area (Å²) in [5, 5.41) is 10.5. The largest absolute Gasteiger partial charge is 0.307 e. The number of alkyl halides is 2. The Bertz CT molecular complexity index is 492. The smallest absolute Gasteiger partial charge is 0.269 e. The van der Waals surface area contributed by atoms with Crippen molar-refractivity contribution in [2.75, 3.05) is 18.1 Å². The Morgan fingerprint density at radius 2 is 2.18 bits per heavy atom. The van der Waals surface area contributed by atoms with Gasteiger partial charge in [0.15, 0.2) is 0 Å². The highest BCUT2D eigenvalue weighted by Crippen LogP contribution is 2.39. The zero-order chi connectivity index (χ0) is 12.6. The van der Waals surface area contributed by atoms with E-state index in [0.717, 1.165) is 17.0 Å². The monoisotopic (exact) mass is 242 g/mol. The molecule has 17 heavy (non-hydrogen) atoms. The summed E-state index contributed by atoms with van der Waals surface area (Å²) in [7, 11) is 0. The van der Waals surface area contributed by atoms with Gasteiger partial charge in [-0.3, -0.25) is 14.9 Å². The molecule has 1 amide bonds. The van der Waals surface area contributed by atoms with Crippen molar-refractivity contribution in [3.05, 3.63) is 33.9 Å². The number of non-ortho nitro benzene ring substituents is 1. The minimum Gasteiger partial charge on any atom is -0.307 e. The molecule has 0 fully saturated rings. The maximum absolute atomic E-state index is 13.6. The van der Waals surface area contributed by atoms with Gasteiger partial charge in [-0.1, -0.05) is 0 Å². The van der Waals surface area contributed by atoms with Gasteiger partial charge in [-0.2, -0.15) is 0 Å². The second kappa shape index (κ2) is 4.08. The van der Waals surface area contributed by atoms with Crippen LogP contribution in [0.2, 0.25) is 0 Å². The molecule has 0 saturated heterocycles. The molecule has 1 aromatic carbocycles. The van der Waals surface area contributed by atoms with Crippen LogP contribution in [0.5, 0.6) is 0 Å². The molecule has 2 rings (SSSR count). The highest BCUT2D eigenvalue weighted by molar-refractivity contribution is 6.04. The Hall–Kier alpha value is -2.05. The predicted molar refractivity (Wildman–Crippen MR) is 55.3 cm³/mol. The van der Waals surface area contributed by atoms with Crippen molar-refractivity contribution in [2.45, 2.75) is 6.17 Å². The summed E-state index contributed by atoms with van der Waals surface area (Å²) in [4.78, 5) is 22.3. The number of fused-ring (bicyclic) bond motifs is 1. The lowest BCUT2D eigenvalue weighted by atomic mass is 10.1.